The average Bonchev–Trinajstić information content (AvgIpc) is 2.62. The molecule has 0 radical (unpaired) electrons. The fourth-order valence-corrected chi connectivity index (χ4v) is 2.69. The Hall–Kier alpha value is -2.09. The Morgan fingerprint density at radius 1 is 1.11 bits per heavy atom. The van der Waals surface area contributed by atoms with Crippen molar-refractivity contribution in [2.24, 2.45) is 0 Å². The normalized spacial score (nSPS) is 11.4. The van der Waals surface area contributed by atoms with Gasteiger partial charge < -0.3 is 15.4 Å². The van der Waals surface area contributed by atoms with E-state index in [4.69, 9.17) is 27.9 Å². The van der Waals surface area contributed by atoms with Gasteiger partial charge in [-0.2, -0.15) is 0 Å². The van der Waals surface area contributed by atoms with Crippen LogP contribution in [0.25, 0.3) is 0 Å². The lowest BCUT2D eigenvalue weighted by Gasteiger charge is -2.14. The van der Waals surface area contributed by atoms with E-state index in [2.05, 4.69) is 26.6 Å². The van der Waals surface area contributed by atoms with E-state index in [9.17, 15) is 14.4 Å². The number of benzene rings is 2. The van der Waals surface area contributed by atoms with Gasteiger partial charge in [0.25, 0.3) is 11.8 Å². The molecule has 0 saturated carbocycles. The highest BCUT2D eigenvalue weighted by atomic mass is 79.9. The van der Waals surface area contributed by atoms with Crippen LogP contribution in [0.2, 0.25) is 10.0 Å². The summed E-state index contributed by atoms with van der Waals surface area (Å²) >= 11 is 15.0. The van der Waals surface area contributed by atoms with Crippen molar-refractivity contribution in [3.05, 3.63) is 62.5 Å². The minimum atomic E-state index is -1.08. The van der Waals surface area contributed by atoms with Crippen molar-refractivity contribution in [1.29, 1.82) is 0 Å². The zero-order valence-electron chi connectivity index (χ0n) is 14.1. The molecule has 0 spiro atoms. The molecule has 2 aromatic carbocycles. The van der Waals surface area contributed by atoms with Crippen LogP contribution in [0.15, 0.2) is 46.9 Å². The molecule has 6 nitrogen and oxygen atoms in total. The number of hydrogen-bond donors (Lipinski definition) is 2. The number of carbonyl (C=O) groups is 3. The summed E-state index contributed by atoms with van der Waals surface area (Å²) < 4.78 is 5.84. The van der Waals surface area contributed by atoms with Gasteiger partial charge in [-0.05, 0) is 49.4 Å². The molecule has 0 aliphatic heterocycles. The quantitative estimate of drug-likeness (QED) is 0.619. The third-order valence-corrected chi connectivity index (χ3v) is 4.44. The summed E-state index contributed by atoms with van der Waals surface area (Å²) in [5.74, 6) is -1.73. The number of halogens is 3. The van der Waals surface area contributed by atoms with E-state index < -0.39 is 23.9 Å². The first-order chi connectivity index (χ1) is 12.8. The van der Waals surface area contributed by atoms with E-state index in [1.165, 1.54) is 19.1 Å². The fourth-order valence-electron chi connectivity index (χ4n) is 1.97. The fraction of sp³-hybridized carbons (Fsp3) is 0.167. The lowest BCUT2D eigenvalue weighted by molar-refractivity contribution is -0.152. The number of carbonyl (C=O) groups excluding carboxylic acids is 3. The van der Waals surface area contributed by atoms with Gasteiger partial charge in [-0.3, -0.25) is 14.4 Å². The molecule has 1 atom stereocenters. The van der Waals surface area contributed by atoms with Crippen molar-refractivity contribution in [1.82, 2.24) is 5.32 Å². The first kappa shape index (κ1) is 21.2. The first-order valence-electron chi connectivity index (χ1n) is 7.75. The molecule has 142 valence electrons. The van der Waals surface area contributed by atoms with Crippen LogP contribution in [0.3, 0.4) is 0 Å². The standard InChI is InChI=1S/C18H15BrCl2N2O4/c1-10(17(25)23-15-7-6-13(20)8-14(15)21)27-16(24)9-22-18(26)11-2-4-12(19)5-3-11/h2-8,10H,9H2,1H3,(H,22,26)(H,23,25). The molecule has 2 aromatic rings. The smallest absolute Gasteiger partial charge is 0.326 e. The van der Waals surface area contributed by atoms with Gasteiger partial charge in [-0.15, -0.1) is 0 Å². The van der Waals surface area contributed by atoms with Crippen LogP contribution in [-0.4, -0.2) is 30.4 Å². The van der Waals surface area contributed by atoms with Gasteiger partial charge in [0.15, 0.2) is 6.10 Å². The topological polar surface area (TPSA) is 84.5 Å². The van der Waals surface area contributed by atoms with Crippen LogP contribution < -0.4 is 10.6 Å². The highest BCUT2D eigenvalue weighted by Gasteiger charge is 2.19. The molecule has 0 saturated heterocycles. The summed E-state index contributed by atoms with van der Waals surface area (Å²) in [4.78, 5) is 35.9. The van der Waals surface area contributed by atoms with Crippen LogP contribution in [0.1, 0.15) is 17.3 Å². The van der Waals surface area contributed by atoms with Crippen molar-refractivity contribution in [3.8, 4) is 0 Å². The molecular weight excluding hydrogens is 459 g/mol. The number of esters is 1. The monoisotopic (exact) mass is 472 g/mol. The largest absolute Gasteiger partial charge is 0.451 e. The van der Waals surface area contributed by atoms with Crippen molar-refractivity contribution in [2.75, 3.05) is 11.9 Å². The van der Waals surface area contributed by atoms with Gasteiger partial charge in [0.1, 0.15) is 6.54 Å². The Kier molecular flexibility index (Phi) is 7.65. The number of rotatable bonds is 6. The van der Waals surface area contributed by atoms with Gasteiger partial charge in [0.05, 0.1) is 10.7 Å². The Balaban J connectivity index is 1.82. The van der Waals surface area contributed by atoms with Crippen LogP contribution in [0.4, 0.5) is 5.69 Å². The molecule has 2 N–H and O–H groups in total. The van der Waals surface area contributed by atoms with Gasteiger partial charge >= 0.3 is 5.97 Å². The van der Waals surface area contributed by atoms with E-state index in [-0.39, 0.29) is 11.6 Å². The Labute approximate surface area is 174 Å². The van der Waals surface area contributed by atoms with Crippen molar-refractivity contribution >= 4 is 62.6 Å². The maximum atomic E-state index is 12.1. The third-order valence-electron chi connectivity index (χ3n) is 3.37. The molecule has 0 bridgehead atoms. The zero-order chi connectivity index (χ0) is 20.0. The van der Waals surface area contributed by atoms with E-state index >= 15 is 0 Å². The Morgan fingerprint density at radius 3 is 2.41 bits per heavy atom. The summed E-state index contributed by atoms with van der Waals surface area (Å²) in [7, 11) is 0. The molecule has 0 aromatic heterocycles. The molecule has 0 aliphatic carbocycles. The van der Waals surface area contributed by atoms with Crippen molar-refractivity contribution < 1.29 is 19.1 Å². The molecule has 2 rings (SSSR count). The predicted molar refractivity (Wildman–Crippen MR) is 107 cm³/mol. The summed E-state index contributed by atoms with van der Waals surface area (Å²) in [6.07, 6.45) is -1.08. The number of nitrogens with one attached hydrogen (secondary N) is 2. The van der Waals surface area contributed by atoms with Crippen molar-refractivity contribution in [2.45, 2.75) is 13.0 Å². The maximum absolute atomic E-state index is 12.1. The Bertz CT molecular complexity index is 859. The number of ether oxygens (including phenoxy) is 1. The van der Waals surface area contributed by atoms with E-state index in [1.807, 2.05) is 0 Å². The second kappa shape index (κ2) is 9.73. The van der Waals surface area contributed by atoms with Crippen LogP contribution in [0.5, 0.6) is 0 Å². The molecule has 2 amide bonds. The highest BCUT2D eigenvalue weighted by Crippen LogP contribution is 2.25. The molecule has 9 heteroatoms. The molecule has 27 heavy (non-hydrogen) atoms. The minimum Gasteiger partial charge on any atom is -0.451 e. The molecule has 0 fully saturated rings. The van der Waals surface area contributed by atoms with Gasteiger partial charge in [0.2, 0.25) is 0 Å². The number of hydrogen-bond acceptors (Lipinski definition) is 4. The molecular formula is C18H15BrCl2N2O4. The number of anilines is 1. The lowest BCUT2D eigenvalue weighted by Crippen LogP contribution is -2.35. The second-order valence-corrected chi connectivity index (χ2v) is 7.19. The van der Waals surface area contributed by atoms with Gasteiger partial charge in [-0.25, -0.2) is 0 Å². The SMILES string of the molecule is CC(OC(=O)CNC(=O)c1ccc(Br)cc1)C(=O)Nc1ccc(Cl)cc1Cl. The molecule has 1 unspecified atom stereocenters. The third kappa shape index (κ3) is 6.53. The van der Waals surface area contributed by atoms with Crippen molar-refractivity contribution in [3.63, 3.8) is 0 Å². The molecule has 0 aliphatic rings. The Morgan fingerprint density at radius 2 is 1.78 bits per heavy atom. The summed E-state index contributed by atoms with van der Waals surface area (Å²) in [6, 6.07) is 11.2. The summed E-state index contributed by atoms with van der Waals surface area (Å²) in [5, 5.41) is 5.66. The van der Waals surface area contributed by atoms with Crippen LogP contribution >= 0.6 is 39.1 Å². The average molecular weight is 474 g/mol. The van der Waals surface area contributed by atoms with Gasteiger partial charge in [-0.1, -0.05) is 39.1 Å². The van der Waals surface area contributed by atoms with Crippen LogP contribution in [0, 0.1) is 0 Å². The lowest BCUT2D eigenvalue weighted by atomic mass is 10.2. The molecule has 0 heterocycles. The van der Waals surface area contributed by atoms with Crippen LogP contribution in [-0.2, 0) is 14.3 Å². The van der Waals surface area contributed by atoms with E-state index in [1.54, 1.807) is 30.3 Å². The zero-order valence-corrected chi connectivity index (χ0v) is 17.2. The predicted octanol–water partition coefficient (Wildman–Crippen LogP) is 4.06. The highest BCUT2D eigenvalue weighted by molar-refractivity contribution is 9.10. The minimum absolute atomic E-state index is 0.260. The second-order valence-electron chi connectivity index (χ2n) is 5.44. The summed E-state index contributed by atoms with van der Waals surface area (Å²) in [5.41, 5.74) is 0.742. The van der Waals surface area contributed by atoms with Gasteiger partial charge in [0, 0.05) is 15.1 Å². The van der Waals surface area contributed by atoms with E-state index in [0.717, 1.165) is 4.47 Å². The van der Waals surface area contributed by atoms with E-state index in [0.29, 0.717) is 16.3 Å². The maximum Gasteiger partial charge on any atom is 0.326 e. The first-order valence-corrected chi connectivity index (χ1v) is 9.30. The number of amides is 2. The summed E-state index contributed by atoms with van der Waals surface area (Å²) in [6.45, 7) is 1.04.